The highest BCUT2D eigenvalue weighted by Gasteiger charge is 2.11. The topological polar surface area (TPSA) is 42.9 Å². The predicted octanol–water partition coefficient (Wildman–Crippen LogP) is 6.43. The molecule has 0 unspecified atom stereocenters. The molecule has 0 saturated heterocycles. The maximum absolute atomic E-state index is 8.80. The first-order chi connectivity index (χ1) is 15.2. The van der Waals surface area contributed by atoms with Crippen LogP contribution in [0.4, 0.5) is 0 Å². The Balaban J connectivity index is 0.00000245. The lowest BCUT2D eigenvalue weighted by molar-refractivity contribution is 0.297. The number of nitrogens with one attached hydrogen (secondary N) is 1. The zero-order valence-corrected chi connectivity index (χ0v) is 19.8. The minimum Gasteiger partial charge on any atom is -0.492 e. The van der Waals surface area contributed by atoms with Crippen LogP contribution in [0.5, 0.6) is 5.75 Å². The number of hydrogen-bond acceptors (Lipinski definition) is 2. The fourth-order valence-corrected chi connectivity index (χ4v) is 4.09. The van der Waals surface area contributed by atoms with E-state index in [-0.39, 0.29) is 17.0 Å². The Morgan fingerprint density at radius 3 is 2.16 bits per heavy atom. The molecule has 1 aromatic heterocycles. The van der Waals surface area contributed by atoms with Gasteiger partial charge in [-0.2, -0.15) is 0 Å². The maximum Gasteiger partial charge on any atom is 0.203 e. The van der Waals surface area contributed by atoms with Crippen molar-refractivity contribution in [1.29, 1.82) is 5.41 Å². The number of ether oxygens (including phenoxy) is 1. The first-order valence-electron chi connectivity index (χ1n) is 10.3. The lowest BCUT2D eigenvalue weighted by Crippen LogP contribution is -2.27. The third-order valence-corrected chi connectivity index (χ3v) is 5.79. The van der Waals surface area contributed by atoms with E-state index in [0.717, 1.165) is 27.7 Å². The molecular weight excluding hydrogens is 486 g/mol. The van der Waals surface area contributed by atoms with Crippen LogP contribution < -0.4 is 10.4 Å². The Morgan fingerprint density at radius 1 is 0.750 bits per heavy atom. The van der Waals surface area contributed by atoms with Crippen LogP contribution in [0.25, 0.3) is 21.8 Å². The van der Waals surface area contributed by atoms with Crippen molar-refractivity contribution in [2.45, 2.75) is 13.1 Å². The molecule has 0 spiro atoms. The van der Waals surface area contributed by atoms with Gasteiger partial charge in [-0.25, -0.2) is 0 Å². The van der Waals surface area contributed by atoms with Gasteiger partial charge in [0.25, 0.3) is 0 Å². The van der Waals surface area contributed by atoms with Gasteiger partial charge in [-0.05, 0) is 52.7 Å². The molecule has 0 atom stereocenters. The fraction of sp³-hybridized carbons (Fsp3) is 0.115. The maximum atomic E-state index is 8.80. The van der Waals surface area contributed by atoms with Gasteiger partial charge in [-0.1, -0.05) is 66.2 Å². The van der Waals surface area contributed by atoms with E-state index in [1.807, 2.05) is 63.7 Å². The van der Waals surface area contributed by atoms with Gasteiger partial charge >= 0.3 is 0 Å². The zero-order valence-electron chi connectivity index (χ0n) is 17.4. The van der Waals surface area contributed by atoms with Crippen molar-refractivity contribution in [3.8, 4) is 5.75 Å². The van der Waals surface area contributed by atoms with E-state index in [1.165, 1.54) is 5.39 Å². The van der Waals surface area contributed by atoms with Gasteiger partial charge in [0.15, 0.2) is 0 Å². The van der Waals surface area contributed by atoms with E-state index in [0.29, 0.717) is 30.3 Å². The number of rotatable bonds is 6. The molecule has 0 fully saturated rings. The minimum atomic E-state index is 0. The summed E-state index contributed by atoms with van der Waals surface area (Å²) in [6, 6.07) is 30.3. The molecular formula is C26H23BrClN3O. The molecule has 0 aliphatic heterocycles. The Labute approximate surface area is 201 Å². The summed E-state index contributed by atoms with van der Waals surface area (Å²) in [5.74, 6) is 0.843. The van der Waals surface area contributed by atoms with Gasteiger partial charge < -0.3 is 13.9 Å². The Bertz CT molecular complexity index is 1420. The van der Waals surface area contributed by atoms with Gasteiger partial charge in [0.2, 0.25) is 5.62 Å². The second-order valence-electron chi connectivity index (χ2n) is 7.53. The van der Waals surface area contributed by atoms with E-state index in [1.54, 1.807) is 0 Å². The molecule has 5 aromatic rings. The predicted molar refractivity (Wildman–Crippen MR) is 136 cm³/mol. The molecule has 0 saturated carbocycles. The Kier molecular flexibility index (Phi) is 6.68. The van der Waals surface area contributed by atoms with Crippen LogP contribution in [0.3, 0.4) is 0 Å². The van der Waals surface area contributed by atoms with Crippen LogP contribution in [0.15, 0.2) is 91.0 Å². The van der Waals surface area contributed by atoms with Crippen molar-refractivity contribution in [3.05, 3.63) is 107 Å². The molecule has 1 heterocycles. The first kappa shape index (κ1) is 22.2. The summed E-state index contributed by atoms with van der Waals surface area (Å²) in [7, 11) is 0. The van der Waals surface area contributed by atoms with Gasteiger partial charge in [-0.15, -0.1) is 17.0 Å². The van der Waals surface area contributed by atoms with Crippen LogP contribution in [0, 0.1) is 5.41 Å². The van der Waals surface area contributed by atoms with E-state index in [2.05, 4.69) is 36.4 Å². The summed E-state index contributed by atoms with van der Waals surface area (Å²) in [6.07, 6.45) is 0. The minimum absolute atomic E-state index is 0. The highest BCUT2D eigenvalue weighted by molar-refractivity contribution is 8.93. The molecule has 6 heteroatoms. The van der Waals surface area contributed by atoms with Crippen LogP contribution in [-0.2, 0) is 13.1 Å². The van der Waals surface area contributed by atoms with Crippen LogP contribution in [0.1, 0.15) is 5.56 Å². The van der Waals surface area contributed by atoms with Crippen molar-refractivity contribution >= 4 is 50.4 Å². The van der Waals surface area contributed by atoms with Gasteiger partial charge in [0.05, 0.1) is 24.1 Å². The number of fused-ring (bicyclic) bond motifs is 2. The number of imidazole rings is 1. The summed E-state index contributed by atoms with van der Waals surface area (Å²) in [4.78, 5) is 0. The number of nitrogens with zero attached hydrogens (tertiary/aromatic N) is 2. The monoisotopic (exact) mass is 507 g/mol. The third kappa shape index (κ3) is 4.45. The molecule has 1 N–H and O–H groups in total. The molecule has 0 aliphatic carbocycles. The second kappa shape index (κ2) is 9.63. The number of aromatic nitrogens is 2. The molecule has 5 rings (SSSR count). The summed E-state index contributed by atoms with van der Waals surface area (Å²) in [5, 5.41) is 11.9. The SMILES string of the molecule is Br.N=c1n(CCOc2ccc3ccccc3c2)c2ccccc2n1Cc1ccc(Cl)cc1. The van der Waals surface area contributed by atoms with Crippen molar-refractivity contribution < 1.29 is 4.74 Å². The Hall–Kier alpha value is -3.02. The lowest BCUT2D eigenvalue weighted by Gasteiger charge is -2.09. The molecule has 32 heavy (non-hydrogen) atoms. The van der Waals surface area contributed by atoms with Crippen molar-refractivity contribution in [2.24, 2.45) is 0 Å². The van der Waals surface area contributed by atoms with Crippen LogP contribution >= 0.6 is 28.6 Å². The first-order valence-corrected chi connectivity index (χ1v) is 10.7. The van der Waals surface area contributed by atoms with Crippen LogP contribution in [-0.4, -0.2) is 15.7 Å². The van der Waals surface area contributed by atoms with E-state index >= 15 is 0 Å². The molecule has 162 valence electrons. The molecule has 0 bridgehead atoms. The van der Waals surface area contributed by atoms with Crippen LogP contribution in [0.2, 0.25) is 5.02 Å². The average Bonchev–Trinajstić information content (AvgIpc) is 3.06. The van der Waals surface area contributed by atoms with Crippen molar-refractivity contribution in [1.82, 2.24) is 9.13 Å². The summed E-state index contributed by atoms with van der Waals surface area (Å²) >= 11 is 6.02. The number of hydrogen-bond donors (Lipinski definition) is 1. The quantitative estimate of drug-likeness (QED) is 0.282. The molecule has 0 aliphatic rings. The number of para-hydroxylation sites is 2. The highest BCUT2D eigenvalue weighted by Crippen LogP contribution is 2.21. The summed E-state index contributed by atoms with van der Waals surface area (Å²) in [5.41, 5.74) is 3.63. The van der Waals surface area contributed by atoms with Crippen molar-refractivity contribution in [2.75, 3.05) is 6.61 Å². The smallest absolute Gasteiger partial charge is 0.203 e. The van der Waals surface area contributed by atoms with E-state index in [9.17, 15) is 0 Å². The van der Waals surface area contributed by atoms with E-state index < -0.39 is 0 Å². The highest BCUT2D eigenvalue weighted by atomic mass is 79.9. The zero-order chi connectivity index (χ0) is 21.2. The largest absolute Gasteiger partial charge is 0.492 e. The molecule has 0 amide bonds. The second-order valence-corrected chi connectivity index (χ2v) is 7.97. The van der Waals surface area contributed by atoms with Gasteiger partial charge in [0.1, 0.15) is 12.4 Å². The van der Waals surface area contributed by atoms with E-state index in [4.69, 9.17) is 21.7 Å². The third-order valence-electron chi connectivity index (χ3n) is 5.53. The van der Waals surface area contributed by atoms with Crippen molar-refractivity contribution in [3.63, 3.8) is 0 Å². The summed E-state index contributed by atoms with van der Waals surface area (Å²) < 4.78 is 10.1. The lowest BCUT2D eigenvalue weighted by atomic mass is 10.1. The van der Waals surface area contributed by atoms with Gasteiger partial charge in [0, 0.05) is 5.02 Å². The fourth-order valence-electron chi connectivity index (χ4n) is 3.97. The average molecular weight is 509 g/mol. The number of benzene rings is 4. The molecule has 4 nitrogen and oxygen atoms in total. The normalized spacial score (nSPS) is 10.9. The molecule has 4 aromatic carbocycles. The Morgan fingerprint density at radius 2 is 1.41 bits per heavy atom. The number of halogens is 2. The molecule has 0 radical (unpaired) electrons. The summed E-state index contributed by atoms with van der Waals surface area (Å²) in [6.45, 7) is 1.71. The standard InChI is InChI=1S/C26H22ClN3O.BrH/c27-22-12-9-19(10-13-22)18-30-25-8-4-3-7-24(25)29(26(30)28)15-16-31-23-14-11-20-5-1-2-6-21(20)17-23;/h1-14,17,28H,15-16,18H2;1H. The van der Waals surface area contributed by atoms with Gasteiger partial charge in [-0.3, -0.25) is 5.41 Å².